The maximum Gasteiger partial charge on any atom is 0.397 e. The van der Waals surface area contributed by atoms with Gasteiger partial charge in [-0.3, -0.25) is 4.79 Å². The fraction of sp³-hybridized carbons (Fsp3) is 0.923. The molecule has 1 saturated heterocycles. The topological polar surface area (TPSA) is 60.4 Å². The monoisotopic (exact) mass is 330 g/mol. The first-order valence-electron chi connectivity index (χ1n) is 6.80. The summed E-state index contributed by atoms with van der Waals surface area (Å²) in [5, 5.41) is 0. The van der Waals surface area contributed by atoms with Gasteiger partial charge in [0.15, 0.2) is 0 Å². The van der Waals surface area contributed by atoms with Crippen molar-refractivity contribution < 1.29 is 31.1 Å². The first-order chi connectivity index (χ1) is 9.35. The van der Waals surface area contributed by atoms with Crippen LogP contribution in [0.15, 0.2) is 0 Å². The lowest BCUT2D eigenvalue weighted by molar-refractivity contribution is -0.243. The van der Waals surface area contributed by atoms with Gasteiger partial charge in [0, 0.05) is 0 Å². The molecule has 0 N–H and O–H groups in total. The quantitative estimate of drug-likeness (QED) is 0.744. The minimum Gasteiger partial charge on any atom is -0.464 e. The van der Waals surface area contributed by atoms with Crippen LogP contribution in [-0.4, -0.2) is 38.7 Å². The van der Waals surface area contributed by atoms with E-state index in [1.807, 2.05) is 0 Å². The second kappa shape index (κ2) is 5.78. The Morgan fingerprint density at radius 3 is 2.05 bits per heavy atom. The molecule has 1 heterocycles. The fourth-order valence-electron chi connectivity index (χ4n) is 1.98. The lowest BCUT2D eigenvalue weighted by Gasteiger charge is -2.38. The van der Waals surface area contributed by atoms with Crippen LogP contribution in [0.25, 0.3) is 0 Å². The Labute approximate surface area is 123 Å². The summed E-state index contributed by atoms with van der Waals surface area (Å²) in [5.41, 5.74) is -3.11. The number of rotatable bonds is 4. The Morgan fingerprint density at radius 1 is 1.19 bits per heavy atom. The summed E-state index contributed by atoms with van der Waals surface area (Å²) in [5.74, 6) is -1.75. The second-order valence-corrected chi connectivity index (χ2v) is 8.55. The number of ether oxygens (including phenoxy) is 1. The van der Waals surface area contributed by atoms with E-state index >= 15 is 0 Å². The van der Waals surface area contributed by atoms with E-state index in [0.717, 1.165) is 0 Å². The van der Waals surface area contributed by atoms with Gasteiger partial charge < -0.3 is 4.74 Å². The number of hydrogen-bond acceptors (Lipinski definition) is 4. The molecule has 1 rings (SSSR count). The van der Waals surface area contributed by atoms with Crippen LogP contribution >= 0.6 is 0 Å². The van der Waals surface area contributed by atoms with Gasteiger partial charge in [-0.2, -0.15) is 13.2 Å². The summed E-state index contributed by atoms with van der Waals surface area (Å²) < 4.78 is 67.4. The average molecular weight is 330 g/mol. The predicted octanol–water partition coefficient (Wildman–Crippen LogP) is 2.72. The second-order valence-electron chi connectivity index (χ2n) is 6.24. The van der Waals surface area contributed by atoms with Gasteiger partial charge in [0.1, 0.15) is 21.9 Å². The third-order valence-corrected chi connectivity index (χ3v) is 5.95. The molecule has 1 fully saturated rings. The highest BCUT2D eigenvalue weighted by Crippen LogP contribution is 2.47. The molecule has 0 unspecified atom stereocenters. The van der Waals surface area contributed by atoms with Crippen molar-refractivity contribution in [1.82, 2.24) is 0 Å². The summed E-state index contributed by atoms with van der Waals surface area (Å²) in [6, 6.07) is 0. The normalized spacial score (nSPS) is 21.8. The number of hydrogen-bond donors (Lipinski definition) is 0. The molecule has 1 aliphatic rings. The zero-order valence-electron chi connectivity index (χ0n) is 12.4. The van der Waals surface area contributed by atoms with Gasteiger partial charge in [0.25, 0.3) is 0 Å². The van der Waals surface area contributed by atoms with Crippen molar-refractivity contribution in [2.75, 3.05) is 18.1 Å². The summed E-state index contributed by atoms with van der Waals surface area (Å²) in [7, 11) is -3.43. The molecule has 0 bridgehead atoms. The minimum absolute atomic E-state index is 0.444. The molecule has 0 aromatic carbocycles. The number of carbonyl (C=O) groups excluding carboxylic acids is 1. The zero-order valence-corrected chi connectivity index (χ0v) is 13.2. The van der Waals surface area contributed by atoms with Gasteiger partial charge in [0.05, 0.1) is 16.9 Å². The van der Waals surface area contributed by atoms with E-state index in [0.29, 0.717) is 6.42 Å². The smallest absolute Gasteiger partial charge is 0.397 e. The lowest BCUT2D eigenvalue weighted by Crippen LogP contribution is -2.48. The number of carbonyl (C=O) groups is 1. The molecule has 0 aliphatic carbocycles. The number of sulfone groups is 1. The largest absolute Gasteiger partial charge is 0.464 e. The lowest BCUT2D eigenvalue weighted by atomic mass is 9.81. The maximum atomic E-state index is 13.3. The molecule has 124 valence electrons. The highest BCUT2D eigenvalue weighted by Gasteiger charge is 2.57. The Balaban J connectivity index is 2.85. The van der Waals surface area contributed by atoms with Crippen LogP contribution < -0.4 is 0 Å². The standard InChI is InChI=1S/C13H21F3O4S/c1-4-11(2,3)10(17)20-9-12(13(14,15)16)5-7-21(18,19)8-6-12/h4-9H2,1-3H3. The van der Waals surface area contributed by atoms with Gasteiger partial charge >= 0.3 is 12.1 Å². The molecular weight excluding hydrogens is 309 g/mol. The SMILES string of the molecule is CCC(C)(C)C(=O)OCC1(C(F)(F)F)CCS(=O)(=O)CC1. The summed E-state index contributed by atoms with van der Waals surface area (Å²) >= 11 is 0. The molecule has 4 nitrogen and oxygen atoms in total. The van der Waals surface area contributed by atoms with Crippen LogP contribution in [0.2, 0.25) is 0 Å². The van der Waals surface area contributed by atoms with E-state index < -0.39 is 63.8 Å². The Morgan fingerprint density at radius 2 is 1.67 bits per heavy atom. The van der Waals surface area contributed by atoms with Gasteiger partial charge in [-0.25, -0.2) is 8.42 Å². The van der Waals surface area contributed by atoms with Gasteiger partial charge in [0.2, 0.25) is 0 Å². The van der Waals surface area contributed by atoms with Crippen molar-refractivity contribution >= 4 is 15.8 Å². The van der Waals surface area contributed by atoms with Crippen LogP contribution in [0.3, 0.4) is 0 Å². The predicted molar refractivity (Wildman–Crippen MR) is 71.4 cm³/mol. The Bertz CT molecular complexity index is 480. The van der Waals surface area contributed by atoms with Gasteiger partial charge in [-0.1, -0.05) is 6.92 Å². The minimum atomic E-state index is -4.60. The van der Waals surface area contributed by atoms with E-state index in [4.69, 9.17) is 4.74 Å². The summed E-state index contributed by atoms with van der Waals surface area (Å²) in [4.78, 5) is 11.8. The van der Waals surface area contributed by atoms with Crippen LogP contribution in [0.5, 0.6) is 0 Å². The van der Waals surface area contributed by atoms with E-state index in [-0.39, 0.29) is 0 Å². The molecule has 0 amide bonds. The third-order valence-electron chi connectivity index (χ3n) is 4.30. The third kappa shape index (κ3) is 4.11. The molecule has 0 atom stereocenters. The van der Waals surface area contributed by atoms with Crippen LogP contribution in [0.1, 0.15) is 40.0 Å². The van der Waals surface area contributed by atoms with Crippen molar-refractivity contribution in [3.63, 3.8) is 0 Å². The van der Waals surface area contributed by atoms with Crippen molar-refractivity contribution in [1.29, 1.82) is 0 Å². The average Bonchev–Trinajstić information content (AvgIpc) is 2.36. The van der Waals surface area contributed by atoms with Crippen molar-refractivity contribution in [2.24, 2.45) is 10.8 Å². The molecule has 0 aromatic rings. The van der Waals surface area contributed by atoms with E-state index in [9.17, 15) is 26.4 Å². The molecular formula is C13H21F3O4S. The number of alkyl halides is 3. The van der Waals surface area contributed by atoms with E-state index in [2.05, 4.69) is 0 Å². The van der Waals surface area contributed by atoms with E-state index in [1.165, 1.54) is 0 Å². The molecule has 0 aromatic heterocycles. The first kappa shape index (κ1) is 18.3. The molecule has 0 radical (unpaired) electrons. The fourth-order valence-corrected chi connectivity index (χ4v) is 3.59. The van der Waals surface area contributed by atoms with Crippen LogP contribution in [0.4, 0.5) is 13.2 Å². The summed E-state index contributed by atoms with van der Waals surface area (Å²) in [6.45, 7) is 4.13. The maximum absolute atomic E-state index is 13.3. The summed E-state index contributed by atoms with van der Waals surface area (Å²) in [6.07, 6.45) is -5.27. The zero-order chi connectivity index (χ0) is 16.5. The molecule has 8 heteroatoms. The van der Waals surface area contributed by atoms with Crippen molar-refractivity contribution in [2.45, 2.75) is 46.2 Å². The first-order valence-corrected chi connectivity index (χ1v) is 8.62. The van der Waals surface area contributed by atoms with Crippen molar-refractivity contribution in [3.05, 3.63) is 0 Å². The van der Waals surface area contributed by atoms with Crippen LogP contribution in [-0.2, 0) is 19.4 Å². The van der Waals surface area contributed by atoms with E-state index in [1.54, 1.807) is 20.8 Å². The molecule has 0 saturated carbocycles. The number of halogens is 3. The highest BCUT2D eigenvalue weighted by atomic mass is 32.2. The molecule has 1 aliphatic heterocycles. The van der Waals surface area contributed by atoms with Gasteiger partial charge in [-0.15, -0.1) is 0 Å². The Kier molecular flexibility index (Phi) is 5.02. The Hall–Kier alpha value is -0.790. The van der Waals surface area contributed by atoms with Crippen LogP contribution in [0, 0.1) is 10.8 Å². The van der Waals surface area contributed by atoms with Gasteiger partial charge in [-0.05, 0) is 33.1 Å². The molecule has 21 heavy (non-hydrogen) atoms. The van der Waals surface area contributed by atoms with Crippen molar-refractivity contribution in [3.8, 4) is 0 Å². The highest BCUT2D eigenvalue weighted by molar-refractivity contribution is 7.91. The molecule has 0 spiro atoms. The number of esters is 1.